The standard InChI is InChI=1S/C4H6O2S/c1-3-4-7(2,5)6/h4H,1H2,2H3. The maximum atomic E-state index is 10.1. The first kappa shape index (κ1) is 6.47. The van der Waals surface area contributed by atoms with Crippen molar-refractivity contribution in [1.29, 1.82) is 0 Å². The molecule has 0 aromatic rings. The summed E-state index contributed by atoms with van der Waals surface area (Å²) in [4.78, 5) is 0. The smallest absolute Gasteiger partial charge is 0.175 e. The molecule has 2 nitrogen and oxygen atoms in total. The zero-order chi connectivity index (χ0) is 5.91. The lowest BCUT2D eigenvalue weighted by Crippen LogP contribution is -1.85. The molecule has 0 radical (unpaired) electrons. The van der Waals surface area contributed by atoms with E-state index in [2.05, 4.69) is 12.3 Å². The van der Waals surface area contributed by atoms with Crippen molar-refractivity contribution >= 4 is 9.84 Å². The Kier molecular flexibility index (Phi) is 1.81. The van der Waals surface area contributed by atoms with Crippen LogP contribution < -0.4 is 0 Å². The summed E-state index contributed by atoms with van der Waals surface area (Å²) < 4.78 is 20.1. The lowest BCUT2D eigenvalue weighted by atomic mass is 11.0. The molecular weight excluding hydrogens is 112 g/mol. The van der Waals surface area contributed by atoms with Crippen molar-refractivity contribution in [2.75, 3.05) is 6.26 Å². The molecule has 0 aliphatic heterocycles. The third-order valence-corrected chi connectivity index (χ3v) is 0.892. The highest BCUT2D eigenvalue weighted by atomic mass is 32.2. The Morgan fingerprint density at radius 2 is 2.14 bits per heavy atom. The fraction of sp³-hybridized carbons (Fsp3) is 0.250. The zero-order valence-corrected chi connectivity index (χ0v) is 4.83. The van der Waals surface area contributed by atoms with Crippen LogP contribution >= 0.6 is 0 Å². The van der Waals surface area contributed by atoms with Gasteiger partial charge in [0.2, 0.25) is 0 Å². The van der Waals surface area contributed by atoms with Crippen LogP contribution in [-0.4, -0.2) is 14.7 Å². The fourth-order valence-electron chi connectivity index (χ4n) is 0.151. The van der Waals surface area contributed by atoms with Gasteiger partial charge in [0, 0.05) is 6.26 Å². The normalized spacial score (nSPS) is 9.86. The molecule has 0 amide bonds. The number of sulfone groups is 1. The Labute approximate surface area is 43.1 Å². The number of hydrogen-bond donors (Lipinski definition) is 0. The molecular formula is C4H6O2S. The third kappa shape index (κ3) is 5.47. The molecule has 3 heteroatoms. The first-order valence-corrected chi connectivity index (χ1v) is 3.57. The number of hydrogen-bond acceptors (Lipinski definition) is 2. The molecule has 40 valence electrons. The first-order chi connectivity index (χ1) is 3.06. The van der Waals surface area contributed by atoms with E-state index in [9.17, 15) is 8.42 Å². The lowest BCUT2D eigenvalue weighted by Gasteiger charge is -1.74. The summed E-state index contributed by atoms with van der Waals surface area (Å²) in [5.41, 5.74) is 2.14. The van der Waals surface area contributed by atoms with Gasteiger partial charge in [0.25, 0.3) is 0 Å². The van der Waals surface area contributed by atoms with Crippen LogP contribution in [0, 0.1) is 0 Å². The first-order valence-electron chi connectivity index (χ1n) is 1.62. The van der Waals surface area contributed by atoms with Gasteiger partial charge < -0.3 is 0 Å². The maximum Gasteiger partial charge on any atom is 0.175 e. The molecule has 0 heterocycles. The molecule has 7 heavy (non-hydrogen) atoms. The van der Waals surface area contributed by atoms with E-state index in [0.717, 1.165) is 11.7 Å². The largest absolute Gasteiger partial charge is 0.224 e. The predicted molar refractivity (Wildman–Crippen MR) is 28.6 cm³/mol. The molecule has 0 atom stereocenters. The average molecular weight is 118 g/mol. The molecule has 0 bridgehead atoms. The second kappa shape index (κ2) is 1.96. The minimum Gasteiger partial charge on any atom is -0.224 e. The van der Waals surface area contributed by atoms with Crippen molar-refractivity contribution in [1.82, 2.24) is 0 Å². The van der Waals surface area contributed by atoms with E-state index in [1.807, 2.05) is 0 Å². The van der Waals surface area contributed by atoms with Crippen LogP contribution in [0.4, 0.5) is 0 Å². The molecule has 0 aliphatic rings. The van der Waals surface area contributed by atoms with Crippen molar-refractivity contribution in [3.8, 4) is 0 Å². The van der Waals surface area contributed by atoms with Crippen LogP contribution in [0.25, 0.3) is 0 Å². The molecule has 0 aliphatic carbocycles. The second-order valence-electron chi connectivity index (χ2n) is 1.15. The lowest BCUT2D eigenvalue weighted by molar-refractivity contribution is 0.610. The van der Waals surface area contributed by atoms with E-state index in [4.69, 9.17) is 0 Å². The van der Waals surface area contributed by atoms with Gasteiger partial charge >= 0.3 is 0 Å². The summed E-state index contributed by atoms with van der Waals surface area (Å²) >= 11 is 0. The molecule has 0 spiro atoms. The Balaban J connectivity index is 4.44. The van der Waals surface area contributed by atoms with Crippen molar-refractivity contribution in [2.45, 2.75) is 0 Å². The quantitative estimate of drug-likeness (QED) is 0.465. The van der Waals surface area contributed by atoms with Gasteiger partial charge in [0.15, 0.2) is 9.84 Å². The van der Waals surface area contributed by atoms with Gasteiger partial charge in [0.1, 0.15) is 0 Å². The van der Waals surface area contributed by atoms with Gasteiger partial charge in [-0.3, -0.25) is 0 Å². The minimum atomic E-state index is -2.97. The Bertz CT molecular complexity index is 182. The zero-order valence-electron chi connectivity index (χ0n) is 4.01. The summed E-state index contributed by atoms with van der Waals surface area (Å²) in [6, 6.07) is 0. The molecule has 0 aromatic heterocycles. The van der Waals surface area contributed by atoms with E-state index in [-0.39, 0.29) is 0 Å². The molecule has 0 N–H and O–H groups in total. The van der Waals surface area contributed by atoms with E-state index in [0.29, 0.717) is 0 Å². The highest BCUT2D eigenvalue weighted by Gasteiger charge is 1.87. The molecule has 0 fully saturated rings. The average Bonchev–Trinajstić information content (AvgIpc) is 1.30. The molecule has 0 saturated heterocycles. The van der Waals surface area contributed by atoms with E-state index < -0.39 is 9.84 Å². The van der Waals surface area contributed by atoms with Gasteiger partial charge in [-0.2, -0.15) is 0 Å². The van der Waals surface area contributed by atoms with Crippen molar-refractivity contribution in [2.24, 2.45) is 0 Å². The van der Waals surface area contributed by atoms with Crippen molar-refractivity contribution in [3.05, 3.63) is 17.7 Å². The van der Waals surface area contributed by atoms with Crippen LogP contribution in [0.2, 0.25) is 0 Å². The van der Waals surface area contributed by atoms with Crippen LogP contribution in [0.15, 0.2) is 17.7 Å². The summed E-state index contributed by atoms with van der Waals surface area (Å²) in [5, 5.41) is 0.924. The van der Waals surface area contributed by atoms with Crippen LogP contribution in [0.1, 0.15) is 0 Å². The SMILES string of the molecule is C=C=CS(C)(=O)=O. The van der Waals surface area contributed by atoms with Gasteiger partial charge in [-0.05, 0) is 0 Å². The van der Waals surface area contributed by atoms with Crippen molar-refractivity contribution in [3.63, 3.8) is 0 Å². The monoisotopic (exact) mass is 118 g/mol. The summed E-state index contributed by atoms with van der Waals surface area (Å²) in [7, 11) is -2.97. The van der Waals surface area contributed by atoms with Gasteiger partial charge in [-0.1, -0.05) is 6.58 Å². The predicted octanol–water partition coefficient (Wildman–Crippen LogP) is 0.330. The topological polar surface area (TPSA) is 34.1 Å². The highest BCUT2D eigenvalue weighted by Crippen LogP contribution is 1.78. The van der Waals surface area contributed by atoms with Gasteiger partial charge in [-0.15, -0.1) is 5.73 Å². The maximum absolute atomic E-state index is 10.1. The summed E-state index contributed by atoms with van der Waals surface area (Å²) in [6.45, 7) is 3.09. The fourth-order valence-corrected chi connectivity index (χ4v) is 0.454. The Hall–Kier alpha value is -0.530. The van der Waals surface area contributed by atoms with Crippen molar-refractivity contribution < 1.29 is 8.42 Å². The van der Waals surface area contributed by atoms with E-state index in [1.165, 1.54) is 0 Å². The Morgan fingerprint density at radius 3 is 2.14 bits per heavy atom. The molecule has 0 aromatic carbocycles. The minimum absolute atomic E-state index is 0.924. The molecule has 0 rings (SSSR count). The van der Waals surface area contributed by atoms with Gasteiger partial charge in [-0.25, -0.2) is 8.42 Å². The van der Waals surface area contributed by atoms with E-state index in [1.54, 1.807) is 0 Å². The number of rotatable bonds is 1. The van der Waals surface area contributed by atoms with Crippen LogP contribution in [0.3, 0.4) is 0 Å². The molecule has 0 unspecified atom stereocenters. The summed E-state index contributed by atoms with van der Waals surface area (Å²) in [5.74, 6) is 0. The van der Waals surface area contributed by atoms with Crippen LogP contribution in [-0.2, 0) is 9.84 Å². The van der Waals surface area contributed by atoms with E-state index >= 15 is 0 Å². The van der Waals surface area contributed by atoms with Crippen LogP contribution in [0.5, 0.6) is 0 Å². The Morgan fingerprint density at radius 1 is 1.71 bits per heavy atom. The summed E-state index contributed by atoms with van der Waals surface area (Å²) in [6.07, 6.45) is 1.09. The second-order valence-corrected chi connectivity index (χ2v) is 3.05. The highest BCUT2D eigenvalue weighted by molar-refractivity contribution is 7.93. The molecule has 0 saturated carbocycles. The third-order valence-electron chi connectivity index (χ3n) is 0.297. The van der Waals surface area contributed by atoms with Gasteiger partial charge in [0.05, 0.1) is 5.41 Å².